The zero-order chi connectivity index (χ0) is 17.2. The summed E-state index contributed by atoms with van der Waals surface area (Å²) in [7, 11) is 0. The minimum atomic E-state index is -0.0865. The number of imidazole rings is 1. The molecule has 0 saturated carbocycles. The highest BCUT2D eigenvalue weighted by molar-refractivity contribution is 5.99. The fourth-order valence-corrected chi connectivity index (χ4v) is 3.12. The van der Waals surface area contributed by atoms with Crippen LogP contribution in [0.15, 0.2) is 54.1 Å². The maximum atomic E-state index is 12.4. The lowest BCUT2D eigenvalue weighted by atomic mass is 10.1. The zero-order valence-corrected chi connectivity index (χ0v) is 14.0. The Labute approximate surface area is 145 Å². The van der Waals surface area contributed by atoms with E-state index in [-0.39, 0.29) is 5.91 Å². The Balaban J connectivity index is 1.43. The van der Waals surface area contributed by atoms with Crippen LogP contribution < -0.4 is 10.1 Å². The van der Waals surface area contributed by atoms with Crippen molar-refractivity contribution in [1.82, 2.24) is 14.9 Å². The summed E-state index contributed by atoms with van der Waals surface area (Å²) >= 11 is 0. The highest BCUT2D eigenvalue weighted by Crippen LogP contribution is 2.25. The van der Waals surface area contributed by atoms with E-state index in [9.17, 15) is 4.79 Å². The second kappa shape index (κ2) is 6.43. The minimum absolute atomic E-state index is 0.0865. The molecule has 1 N–H and O–H groups in total. The number of carbonyl (C=O) groups excluding carboxylic acids is 1. The van der Waals surface area contributed by atoms with E-state index >= 15 is 0 Å². The molecule has 1 aliphatic heterocycles. The lowest BCUT2D eigenvalue weighted by Crippen LogP contribution is -2.31. The molecule has 0 aliphatic carbocycles. The molecule has 5 nitrogen and oxygen atoms in total. The molecule has 5 heteroatoms. The highest BCUT2D eigenvalue weighted by atomic mass is 16.5. The van der Waals surface area contributed by atoms with Crippen molar-refractivity contribution in [3.05, 3.63) is 65.5 Å². The van der Waals surface area contributed by atoms with Gasteiger partial charge in [-0.25, -0.2) is 4.98 Å². The molecule has 4 rings (SSSR count). The van der Waals surface area contributed by atoms with E-state index in [1.165, 1.54) is 0 Å². The van der Waals surface area contributed by atoms with Crippen LogP contribution in [0.5, 0.6) is 5.75 Å². The number of hydrogen-bond acceptors (Lipinski definition) is 3. The number of nitrogens with one attached hydrogen (secondary N) is 1. The molecule has 1 amide bonds. The monoisotopic (exact) mass is 333 g/mol. The topological polar surface area (TPSA) is 56.2 Å². The lowest BCUT2D eigenvalue weighted by molar-refractivity contribution is -0.117. The number of benzene rings is 2. The van der Waals surface area contributed by atoms with Gasteiger partial charge in [0.05, 0.1) is 16.6 Å². The second-order valence-corrected chi connectivity index (χ2v) is 6.05. The van der Waals surface area contributed by atoms with Crippen LogP contribution in [0, 0.1) is 6.92 Å². The Bertz CT molecular complexity index is 972. The SMILES string of the molecule is Cc1nc2ccccc2n1CCNC(=O)C1=Cc2ccccc2OC1. The first-order valence-corrected chi connectivity index (χ1v) is 8.35. The molecule has 0 fully saturated rings. The van der Waals surface area contributed by atoms with Crippen LogP contribution in [0.1, 0.15) is 11.4 Å². The Morgan fingerprint density at radius 3 is 2.92 bits per heavy atom. The number of aryl methyl sites for hydroxylation is 1. The molecular formula is C20H19N3O2. The number of ether oxygens (including phenoxy) is 1. The Morgan fingerprint density at radius 1 is 1.20 bits per heavy atom. The van der Waals surface area contributed by atoms with Crippen molar-refractivity contribution >= 4 is 23.0 Å². The maximum Gasteiger partial charge on any atom is 0.250 e. The van der Waals surface area contributed by atoms with Gasteiger partial charge in [0, 0.05) is 18.7 Å². The quantitative estimate of drug-likeness (QED) is 0.799. The molecule has 1 aromatic heterocycles. The Hall–Kier alpha value is -3.08. The van der Waals surface area contributed by atoms with Crippen LogP contribution in [-0.2, 0) is 11.3 Å². The molecule has 3 aromatic rings. The summed E-state index contributed by atoms with van der Waals surface area (Å²) in [5.41, 5.74) is 3.65. The van der Waals surface area contributed by atoms with Gasteiger partial charge in [-0.1, -0.05) is 30.3 Å². The van der Waals surface area contributed by atoms with Gasteiger partial charge in [-0.2, -0.15) is 0 Å². The lowest BCUT2D eigenvalue weighted by Gasteiger charge is -2.17. The van der Waals surface area contributed by atoms with E-state index in [1.54, 1.807) is 0 Å². The second-order valence-electron chi connectivity index (χ2n) is 6.05. The van der Waals surface area contributed by atoms with E-state index in [1.807, 2.05) is 61.5 Å². The molecule has 126 valence electrons. The first-order valence-electron chi connectivity index (χ1n) is 8.35. The summed E-state index contributed by atoms with van der Waals surface area (Å²) in [6, 6.07) is 15.7. The van der Waals surface area contributed by atoms with Crippen molar-refractivity contribution in [1.29, 1.82) is 0 Å². The van der Waals surface area contributed by atoms with Crippen molar-refractivity contribution in [3.8, 4) is 5.75 Å². The van der Waals surface area contributed by atoms with Gasteiger partial charge in [0.1, 0.15) is 18.2 Å². The summed E-state index contributed by atoms with van der Waals surface area (Å²) < 4.78 is 7.76. The van der Waals surface area contributed by atoms with Crippen molar-refractivity contribution in [3.63, 3.8) is 0 Å². The predicted octanol–water partition coefficient (Wildman–Crippen LogP) is 2.94. The summed E-state index contributed by atoms with van der Waals surface area (Å²) in [6.45, 7) is 3.51. The number of aromatic nitrogens is 2. The van der Waals surface area contributed by atoms with Crippen LogP contribution in [0.4, 0.5) is 0 Å². The molecule has 2 heterocycles. The minimum Gasteiger partial charge on any atom is -0.488 e. The maximum absolute atomic E-state index is 12.4. The van der Waals surface area contributed by atoms with Crippen molar-refractivity contribution in [2.45, 2.75) is 13.5 Å². The van der Waals surface area contributed by atoms with Crippen LogP contribution >= 0.6 is 0 Å². The Kier molecular flexibility index (Phi) is 3.98. The van der Waals surface area contributed by atoms with Gasteiger partial charge < -0.3 is 14.6 Å². The molecule has 0 unspecified atom stereocenters. The average Bonchev–Trinajstić information content (AvgIpc) is 2.96. The van der Waals surface area contributed by atoms with Gasteiger partial charge in [-0.15, -0.1) is 0 Å². The summed E-state index contributed by atoms with van der Waals surface area (Å²) in [5, 5.41) is 2.98. The van der Waals surface area contributed by atoms with Crippen LogP contribution in [0.2, 0.25) is 0 Å². The molecule has 0 atom stereocenters. The molecule has 25 heavy (non-hydrogen) atoms. The third-order valence-electron chi connectivity index (χ3n) is 4.39. The number of nitrogens with zero attached hydrogens (tertiary/aromatic N) is 2. The van der Waals surface area contributed by atoms with Gasteiger partial charge in [-0.3, -0.25) is 4.79 Å². The standard InChI is InChI=1S/C20H19N3O2/c1-14-22-17-7-3-4-8-18(17)23(14)11-10-21-20(24)16-12-15-6-2-5-9-19(15)25-13-16/h2-9,12H,10-11,13H2,1H3,(H,21,24). The van der Waals surface area contributed by atoms with Crippen LogP contribution in [0.25, 0.3) is 17.1 Å². The van der Waals surface area contributed by atoms with Gasteiger partial charge >= 0.3 is 0 Å². The number of amides is 1. The summed E-state index contributed by atoms with van der Waals surface area (Å²) in [4.78, 5) is 16.9. The van der Waals surface area contributed by atoms with Crippen molar-refractivity contribution in [2.24, 2.45) is 0 Å². The third kappa shape index (κ3) is 3.01. The number of hydrogen-bond donors (Lipinski definition) is 1. The van der Waals surface area contributed by atoms with Crippen molar-refractivity contribution in [2.75, 3.05) is 13.2 Å². The first kappa shape index (κ1) is 15.4. The van der Waals surface area contributed by atoms with Gasteiger partial charge in [0.15, 0.2) is 0 Å². The molecule has 2 aromatic carbocycles. The van der Waals surface area contributed by atoms with E-state index in [4.69, 9.17) is 4.74 Å². The predicted molar refractivity (Wildman–Crippen MR) is 97.4 cm³/mol. The van der Waals surface area contributed by atoms with E-state index in [0.717, 1.165) is 28.2 Å². The average molecular weight is 333 g/mol. The highest BCUT2D eigenvalue weighted by Gasteiger charge is 2.16. The fourth-order valence-electron chi connectivity index (χ4n) is 3.12. The molecule has 1 aliphatic rings. The zero-order valence-electron chi connectivity index (χ0n) is 14.0. The van der Waals surface area contributed by atoms with Gasteiger partial charge in [0.2, 0.25) is 0 Å². The molecular weight excluding hydrogens is 314 g/mol. The normalized spacial score (nSPS) is 13.1. The third-order valence-corrected chi connectivity index (χ3v) is 4.39. The number of para-hydroxylation sites is 3. The van der Waals surface area contributed by atoms with Gasteiger partial charge in [-0.05, 0) is 31.2 Å². The fraction of sp³-hybridized carbons (Fsp3) is 0.200. The summed E-state index contributed by atoms with van der Waals surface area (Å²) in [6.07, 6.45) is 1.89. The Morgan fingerprint density at radius 2 is 2.00 bits per heavy atom. The number of fused-ring (bicyclic) bond motifs is 2. The van der Waals surface area contributed by atoms with Gasteiger partial charge in [0.25, 0.3) is 5.91 Å². The smallest absolute Gasteiger partial charge is 0.250 e. The van der Waals surface area contributed by atoms with Crippen molar-refractivity contribution < 1.29 is 9.53 Å². The van der Waals surface area contributed by atoms with E-state index < -0.39 is 0 Å². The first-order chi connectivity index (χ1) is 12.2. The largest absolute Gasteiger partial charge is 0.488 e. The summed E-state index contributed by atoms with van der Waals surface area (Å²) in [5.74, 6) is 1.68. The van der Waals surface area contributed by atoms with E-state index in [2.05, 4.69) is 14.9 Å². The van der Waals surface area contributed by atoms with Crippen LogP contribution in [0.3, 0.4) is 0 Å². The number of carbonyl (C=O) groups is 1. The molecule has 0 spiro atoms. The molecule has 0 radical (unpaired) electrons. The molecule has 0 saturated heterocycles. The molecule has 0 bridgehead atoms. The van der Waals surface area contributed by atoms with Crippen LogP contribution in [-0.4, -0.2) is 28.6 Å². The van der Waals surface area contributed by atoms with E-state index in [0.29, 0.717) is 25.3 Å². The number of rotatable bonds is 4.